The number of aromatic hydroxyl groups is 8. The first-order valence-electron chi connectivity index (χ1n) is 42.6. The molecule has 22 aromatic rings. The highest BCUT2D eigenvalue weighted by molar-refractivity contribution is 6.11. The number of phenolic OH excluding ortho intramolecular Hbond substituents is 8. The summed E-state index contributed by atoms with van der Waals surface area (Å²) < 4.78 is 10.6. The van der Waals surface area contributed by atoms with Gasteiger partial charge in [0.2, 0.25) is 0 Å². The molecule has 654 valence electrons. The summed E-state index contributed by atoms with van der Waals surface area (Å²) in [5.74, 6) is 1.73. The van der Waals surface area contributed by atoms with Gasteiger partial charge in [-0.15, -0.1) is 90.0 Å². The summed E-state index contributed by atoms with van der Waals surface area (Å²) in [5.41, 5.74) is 29.1. The second-order valence-corrected chi connectivity index (χ2v) is 33.2. The number of aryl methyl sites for hydroxylation is 9. The van der Waals surface area contributed by atoms with Crippen LogP contribution < -0.4 is 9.47 Å². The summed E-state index contributed by atoms with van der Waals surface area (Å²) in [5, 5.41) is 144. The van der Waals surface area contributed by atoms with Gasteiger partial charge in [0.15, 0.2) is 11.0 Å². The van der Waals surface area contributed by atoms with Crippen LogP contribution in [0.3, 0.4) is 0 Å². The molecule has 0 saturated carbocycles. The number of rotatable bonds is 14. The molecule has 0 aliphatic carbocycles. The fourth-order valence-corrected chi connectivity index (χ4v) is 17.3. The maximum absolute atomic E-state index is 10.8. The van der Waals surface area contributed by atoms with Crippen LogP contribution in [-0.2, 0) is 0 Å². The van der Waals surface area contributed by atoms with Crippen molar-refractivity contribution in [2.24, 2.45) is 0 Å². The van der Waals surface area contributed by atoms with Crippen LogP contribution in [0.15, 0.2) is 261 Å². The van der Waals surface area contributed by atoms with Gasteiger partial charge in [0, 0.05) is 34.4 Å². The first-order chi connectivity index (χ1) is 64.2. The van der Waals surface area contributed by atoms with E-state index < -0.39 is 0 Å². The van der Waals surface area contributed by atoms with Crippen molar-refractivity contribution in [2.75, 3.05) is 14.2 Å². The molecule has 0 unspecified atom stereocenters. The van der Waals surface area contributed by atoms with Crippen molar-refractivity contribution in [3.8, 4) is 158 Å². The van der Waals surface area contributed by atoms with Crippen LogP contribution in [-0.4, -0.2) is 145 Å². The molecule has 0 fully saturated rings. The fourth-order valence-electron chi connectivity index (χ4n) is 17.3. The van der Waals surface area contributed by atoms with Crippen LogP contribution in [0.1, 0.15) is 50.1 Å². The van der Waals surface area contributed by atoms with E-state index in [2.05, 4.69) is 67.8 Å². The quantitative estimate of drug-likeness (QED) is 0.0501. The predicted octanol–water partition coefficient (Wildman–Crippen LogP) is 21.1. The third-order valence-electron chi connectivity index (χ3n) is 23.7. The van der Waals surface area contributed by atoms with Crippen LogP contribution in [0.4, 0.5) is 0 Å². The maximum Gasteiger partial charge on any atom is 0.155 e. The standard InChI is InChI=1S/C38H30N6O4.C34H28N6O2.C33H26N6O4/c1-19-15-21(3)37(47)29(17-19)43-39-33-27(11-13-31(45)35(33)41-43)25-9-5-8-24-23(25)7-6-10-26(24)28-12-14-32(46)36-34(28)40-44(42-36)30-18-20(2)16-22(4)38(30)48;1-19-15-21(3)33(41)29(17-19)39-35-27-13-7-11-25(31(27)37-39)23-9-5-6-10-24(23)26-12-8-14-28-32(26)38-40(36-28)30-18-20(2)16-22(4)34(30)42;1-19-12-22(20-4-8-26-28(15-20)36-38(34-26)30-17-24(42-2)6-10-32(30)40)14-23(13-19)21-5-9-27-29(16-21)37-39(35-27)31-18-25(43-3)7-11-33(31)41/h5-18,45-48H,1-4H3;5-18,41-42H,1-4H3;4-18,40-41H,1-3H3. The van der Waals surface area contributed by atoms with E-state index in [-0.39, 0.29) is 46.0 Å². The summed E-state index contributed by atoms with van der Waals surface area (Å²) in [6, 6.07) is 81.9. The molecule has 0 aliphatic rings. The molecule has 0 aliphatic heterocycles. The molecular weight excluding hydrogens is 1670 g/mol. The molecule has 0 radical (unpaired) electrons. The van der Waals surface area contributed by atoms with Crippen LogP contribution in [0.2, 0.25) is 0 Å². The third kappa shape index (κ3) is 15.2. The molecule has 6 heterocycles. The minimum atomic E-state index is -0.0193. The molecule has 28 heteroatoms. The molecule has 0 spiro atoms. The van der Waals surface area contributed by atoms with Crippen molar-refractivity contribution in [2.45, 2.75) is 62.3 Å². The molecule has 0 bridgehead atoms. The molecule has 133 heavy (non-hydrogen) atoms. The largest absolute Gasteiger partial charge is 0.506 e. The van der Waals surface area contributed by atoms with Gasteiger partial charge in [-0.05, 0) is 283 Å². The second kappa shape index (κ2) is 33.1. The van der Waals surface area contributed by atoms with Gasteiger partial charge in [0.1, 0.15) is 147 Å². The van der Waals surface area contributed by atoms with Crippen molar-refractivity contribution >= 4 is 77.0 Å². The van der Waals surface area contributed by atoms with Gasteiger partial charge in [0.05, 0.1) is 14.2 Å². The minimum absolute atomic E-state index is 0.0193. The summed E-state index contributed by atoms with van der Waals surface area (Å²) in [4.78, 5) is 8.58. The van der Waals surface area contributed by atoms with Gasteiger partial charge in [-0.2, -0.15) is 0 Å². The van der Waals surface area contributed by atoms with Crippen molar-refractivity contribution in [3.63, 3.8) is 0 Å². The monoisotopic (exact) mass is 1760 g/mol. The lowest BCUT2D eigenvalue weighted by Crippen LogP contribution is -2.00. The van der Waals surface area contributed by atoms with Gasteiger partial charge in [-0.3, -0.25) is 0 Å². The Morgan fingerprint density at radius 3 is 0.887 bits per heavy atom. The molecule has 16 aromatic carbocycles. The molecule has 0 atom stereocenters. The molecular formula is C105H84N18O10. The number of hydrogen-bond donors (Lipinski definition) is 8. The number of aromatic nitrogens is 18. The summed E-state index contributed by atoms with van der Waals surface area (Å²) in [6.45, 7) is 17.3. The number of phenols is 8. The van der Waals surface area contributed by atoms with Gasteiger partial charge >= 0.3 is 0 Å². The van der Waals surface area contributed by atoms with Crippen LogP contribution in [0.25, 0.3) is 178 Å². The van der Waals surface area contributed by atoms with Crippen molar-refractivity contribution in [3.05, 3.63) is 311 Å². The van der Waals surface area contributed by atoms with E-state index in [9.17, 15) is 40.9 Å². The molecule has 28 nitrogen and oxygen atoms in total. The van der Waals surface area contributed by atoms with Gasteiger partial charge in [-0.1, -0.05) is 133 Å². The van der Waals surface area contributed by atoms with Crippen molar-refractivity contribution < 1.29 is 50.3 Å². The molecule has 22 rings (SSSR count). The first-order valence-corrected chi connectivity index (χ1v) is 42.6. The second-order valence-electron chi connectivity index (χ2n) is 33.2. The smallest absolute Gasteiger partial charge is 0.155 e. The minimum Gasteiger partial charge on any atom is -0.506 e. The Labute approximate surface area is 758 Å². The maximum atomic E-state index is 10.8. The zero-order chi connectivity index (χ0) is 92.2. The molecule has 8 N–H and O–H groups in total. The van der Waals surface area contributed by atoms with Gasteiger partial charge in [0.25, 0.3) is 0 Å². The van der Waals surface area contributed by atoms with E-state index in [1.54, 1.807) is 74.9 Å². The van der Waals surface area contributed by atoms with E-state index in [1.165, 1.54) is 28.8 Å². The van der Waals surface area contributed by atoms with E-state index in [0.717, 1.165) is 139 Å². The number of methoxy groups -OCH3 is 2. The normalized spacial score (nSPS) is 11.5. The highest BCUT2D eigenvalue weighted by Crippen LogP contribution is 2.45. The molecule has 0 saturated heterocycles. The van der Waals surface area contributed by atoms with Crippen molar-refractivity contribution in [1.82, 2.24) is 90.0 Å². The Bertz CT molecular complexity index is 8030. The summed E-state index contributed by atoms with van der Waals surface area (Å²) >= 11 is 0. The topological polar surface area (TPSA) is 365 Å². The van der Waals surface area contributed by atoms with Crippen molar-refractivity contribution in [1.29, 1.82) is 0 Å². The number of nitrogens with zero attached hydrogens (tertiary/aromatic N) is 18. The Kier molecular flexibility index (Phi) is 20.8. The number of benzene rings is 16. The lowest BCUT2D eigenvalue weighted by Gasteiger charge is -2.12. The number of hydrogen-bond acceptors (Lipinski definition) is 22. The Morgan fingerprint density at radius 1 is 0.203 bits per heavy atom. The van der Waals surface area contributed by atoms with Gasteiger partial charge in [-0.25, -0.2) is 0 Å². The zero-order valence-electron chi connectivity index (χ0n) is 73.8. The summed E-state index contributed by atoms with van der Waals surface area (Å²) in [6.07, 6.45) is 0. The number of fused-ring (bicyclic) bond motifs is 7. The van der Waals surface area contributed by atoms with E-state index >= 15 is 0 Å². The Balaban J connectivity index is 0.000000124. The number of ether oxygens (including phenoxy) is 2. The van der Waals surface area contributed by atoms with E-state index in [1.807, 2.05) is 225 Å². The van der Waals surface area contributed by atoms with E-state index in [4.69, 9.17) is 40.1 Å². The summed E-state index contributed by atoms with van der Waals surface area (Å²) in [7, 11) is 3.14. The average molecular weight is 1760 g/mol. The van der Waals surface area contributed by atoms with Crippen LogP contribution in [0, 0.1) is 62.3 Å². The zero-order valence-corrected chi connectivity index (χ0v) is 73.8. The third-order valence-corrected chi connectivity index (χ3v) is 23.7. The fraction of sp³-hybridized carbons (Fsp3) is 0.105. The van der Waals surface area contributed by atoms with Crippen LogP contribution in [0.5, 0.6) is 57.5 Å². The first kappa shape index (κ1) is 83.4. The lowest BCUT2D eigenvalue weighted by atomic mass is 9.92. The molecule has 6 aromatic heterocycles. The highest BCUT2D eigenvalue weighted by Gasteiger charge is 2.26. The highest BCUT2D eigenvalue weighted by atomic mass is 16.5. The van der Waals surface area contributed by atoms with Gasteiger partial charge < -0.3 is 50.3 Å². The Morgan fingerprint density at radius 2 is 0.504 bits per heavy atom. The predicted molar refractivity (Wildman–Crippen MR) is 513 cm³/mol. The lowest BCUT2D eigenvalue weighted by molar-refractivity contribution is 0.411. The molecule has 0 amide bonds. The van der Waals surface area contributed by atoms with Crippen LogP contribution >= 0.6 is 0 Å². The van der Waals surface area contributed by atoms with E-state index in [0.29, 0.717) is 101 Å². The average Bonchev–Trinajstić information content (AvgIpc) is 1.66. The Hall–Kier alpha value is -17.8. The SMILES string of the molecule is COc1ccc(O)c(-n2nc3ccc(-c4cc(C)cc(-c5ccc6nn(-c7cc(OC)ccc7O)nc6c5)c4)cc3n2)c1.Cc1cc(C)c(O)c(-n2nc3c(O)ccc(-c4cccc5c(-c6ccc(O)c7nn(-c8cc(C)cc(C)c8O)nc67)cccc45)c3n2)c1.Cc1cc(C)c(O)c(-n2nc3cccc(-c4ccccc4-c4cccc5nn(-c6cc(C)cc(C)c6O)nc45)c3n2)c1.